The van der Waals surface area contributed by atoms with Crippen molar-refractivity contribution < 1.29 is 9.84 Å². The first-order chi connectivity index (χ1) is 7.33. The van der Waals surface area contributed by atoms with Crippen LogP contribution in [0, 0.1) is 19.8 Å². The van der Waals surface area contributed by atoms with Crippen LogP contribution in [0.15, 0.2) is 18.2 Å². The molecule has 1 N–H and O–H groups in total. The quantitative estimate of drug-likeness (QED) is 0.848. The van der Waals surface area contributed by atoms with Gasteiger partial charge in [-0.25, -0.2) is 0 Å². The second-order valence-electron chi connectivity index (χ2n) is 5.07. The maximum atomic E-state index is 10.1. The number of aryl methyl sites for hydroxylation is 2. The van der Waals surface area contributed by atoms with Crippen LogP contribution in [-0.2, 0) is 0 Å². The molecule has 0 heterocycles. The molecule has 0 aliphatic carbocycles. The molecule has 1 unspecified atom stereocenters. The van der Waals surface area contributed by atoms with Gasteiger partial charge < -0.3 is 9.84 Å². The molecule has 0 bridgehead atoms. The molecule has 0 amide bonds. The molecule has 1 aromatic rings. The van der Waals surface area contributed by atoms with E-state index >= 15 is 0 Å². The average molecular weight is 222 g/mol. The largest absolute Gasteiger partial charge is 0.490 e. The van der Waals surface area contributed by atoms with Crippen molar-refractivity contribution in [1.82, 2.24) is 0 Å². The predicted molar refractivity (Wildman–Crippen MR) is 66.9 cm³/mol. The zero-order valence-corrected chi connectivity index (χ0v) is 10.9. The Morgan fingerprint density at radius 2 is 1.94 bits per heavy atom. The summed E-state index contributed by atoms with van der Waals surface area (Å²) in [6, 6.07) is 6.10. The van der Waals surface area contributed by atoms with E-state index in [1.54, 1.807) is 0 Å². The topological polar surface area (TPSA) is 29.5 Å². The monoisotopic (exact) mass is 222 g/mol. The van der Waals surface area contributed by atoms with Crippen LogP contribution in [0.4, 0.5) is 0 Å². The van der Waals surface area contributed by atoms with E-state index in [1.165, 1.54) is 5.56 Å². The van der Waals surface area contributed by atoms with Gasteiger partial charge in [0.2, 0.25) is 0 Å². The van der Waals surface area contributed by atoms with Crippen molar-refractivity contribution in [3.8, 4) is 5.75 Å². The van der Waals surface area contributed by atoms with Crippen molar-refractivity contribution in [2.24, 2.45) is 5.92 Å². The van der Waals surface area contributed by atoms with Crippen LogP contribution >= 0.6 is 0 Å². The molecule has 0 fully saturated rings. The third-order valence-electron chi connectivity index (χ3n) is 3.11. The van der Waals surface area contributed by atoms with E-state index in [1.807, 2.05) is 46.8 Å². The van der Waals surface area contributed by atoms with Crippen LogP contribution in [0.3, 0.4) is 0 Å². The van der Waals surface area contributed by atoms with Gasteiger partial charge in [0, 0.05) is 0 Å². The Labute approximate surface area is 98.3 Å². The Bertz CT molecular complexity index is 354. The fraction of sp³-hybridized carbons (Fsp3) is 0.571. The third-order valence-corrected chi connectivity index (χ3v) is 3.11. The zero-order chi connectivity index (χ0) is 12.3. The molecule has 0 saturated heterocycles. The molecule has 16 heavy (non-hydrogen) atoms. The Morgan fingerprint density at radius 1 is 1.31 bits per heavy atom. The van der Waals surface area contributed by atoms with Gasteiger partial charge in [-0.1, -0.05) is 26.0 Å². The molecule has 0 saturated carbocycles. The molecular weight excluding hydrogens is 200 g/mol. The molecule has 0 spiro atoms. The van der Waals surface area contributed by atoms with Gasteiger partial charge in [0.25, 0.3) is 0 Å². The highest BCUT2D eigenvalue weighted by molar-refractivity contribution is 5.36. The lowest BCUT2D eigenvalue weighted by molar-refractivity contribution is -0.0268. The second-order valence-corrected chi connectivity index (χ2v) is 5.07. The Morgan fingerprint density at radius 3 is 2.50 bits per heavy atom. The fourth-order valence-corrected chi connectivity index (χ4v) is 1.25. The SMILES string of the molecule is Cc1ccc(C)c(OCC(C)(O)C(C)C)c1. The van der Waals surface area contributed by atoms with E-state index in [9.17, 15) is 5.11 Å². The summed E-state index contributed by atoms with van der Waals surface area (Å²) in [6.07, 6.45) is 0. The van der Waals surface area contributed by atoms with Gasteiger partial charge in [-0.2, -0.15) is 0 Å². The molecule has 2 heteroatoms. The predicted octanol–water partition coefficient (Wildman–Crippen LogP) is 3.09. The second kappa shape index (κ2) is 4.88. The first kappa shape index (κ1) is 13.0. The van der Waals surface area contributed by atoms with Gasteiger partial charge in [-0.3, -0.25) is 0 Å². The maximum Gasteiger partial charge on any atom is 0.122 e. The van der Waals surface area contributed by atoms with Crippen molar-refractivity contribution in [2.75, 3.05) is 6.61 Å². The van der Waals surface area contributed by atoms with E-state index in [2.05, 4.69) is 6.07 Å². The van der Waals surface area contributed by atoms with Crippen LogP contribution < -0.4 is 4.74 Å². The summed E-state index contributed by atoms with van der Waals surface area (Å²) in [7, 11) is 0. The van der Waals surface area contributed by atoms with E-state index in [0.29, 0.717) is 6.61 Å². The molecule has 0 radical (unpaired) electrons. The van der Waals surface area contributed by atoms with Crippen LogP contribution in [0.2, 0.25) is 0 Å². The van der Waals surface area contributed by atoms with Gasteiger partial charge in [0.15, 0.2) is 0 Å². The first-order valence-electron chi connectivity index (χ1n) is 5.75. The summed E-state index contributed by atoms with van der Waals surface area (Å²) in [5, 5.41) is 10.1. The minimum absolute atomic E-state index is 0.178. The van der Waals surface area contributed by atoms with Crippen molar-refractivity contribution in [3.05, 3.63) is 29.3 Å². The highest BCUT2D eigenvalue weighted by Crippen LogP contribution is 2.22. The number of rotatable bonds is 4. The summed E-state index contributed by atoms with van der Waals surface area (Å²) in [6.45, 7) is 10.2. The summed E-state index contributed by atoms with van der Waals surface area (Å²) in [5.74, 6) is 1.04. The van der Waals surface area contributed by atoms with Gasteiger partial charge >= 0.3 is 0 Å². The lowest BCUT2D eigenvalue weighted by Gasteiger charge is -2.27. The standard InChI is InChI=1S/C14H22O2/c1-10(2)14(5,15)9-16-13-8-11(3)6-7-12(13)4/h6-8,10,15H,9H2,1-5H3. The highest BCUT2D eigenvalue weighted by Gasteiger charge is 2.25. The molecule has 1 atom stereocenters. The number of benzene rings is 1. The normalized spacial score (nSPS) is 14.9. The molecule has 2 nitrogen and oxygen atoms in total. The molecule has 0 aliphatic heterocycles. The molecular formula is C14H22O2. The Hall–Kier alpha value is -1.02. The molecule has 1 aromatic carbocycles. The third kappa shape index (κ3) is 3.24. The average Bonchev–Trinajstić information content (AvgIpc) is 2.19. The number of hydrogen-bond acceptors (Lipinski definition) is 2. The lowest BCUT2D eigenvalue weighted by Crippen LogP contribution is -2.37. The van der Waals surface area contributed by atoms with Crippen LogP contribution in [0.1, 0.15) is 31.9 Å². The number of hydrogen-bond donors (Lipinski definition) is 1. The smallest absolute Gasteiger partial charge is 0.122 e. The lowest BCUT2D eigenvalue weighted by atomic mass is 9.94. The minimum atomic E-state index is -0.782. The van der Waals surface area contributed by atoms with Crippen molar-refractivity contribution in [2.45, 2.75) is 40.2 Å². The molecule has 0 aliphatic rings. The Kier molecular flexibility index (Phi) is 3.98. The van der Waals surface area contributed by atoms with E-state index < -0.39 is 5.60 Å². The van der Waals surface area contributed by atoms with Crippen LogP contribution in [0.5, 0.6) is 5.75 Å². The van der Waals surface area contributed by atoms with E-state index in [0.717, 1.165) is 11.3 Å². The van der Waals surface area contributed by atoms with Gasteiger partial charge in [-0.15, -0.1) is 0 Å². The summed E-state index contributed by atoms with van der Waals surface area (Å²) >= 11 is 0. The van der Waals surface area contributed by atoms with Crippen molar-refractivity contribution >= 4 is 0 Å². The summed E-state index contributed by atoms with van der Waals surface area (Å²) in [5.41, 5.74) is 1.49. The first-order valence-corrected chi connectivity index (χ1v) is 5.75. The Balaban J connectivity index is 2.71. The van der Waals surface area contributed by atoms with Gasteiger partial charge in [0.05, 0.1) is 5.60 Å². The van der Waals surface area contributed by atoms with Gasteiger partial charge in [0.1, 0.15) is 12.4 Å². The minimum Gasteiger partial charge on any atom is -0.490 e. The van der Waals surface area contributed by atoms with Crippen molar-refractivity contribution in [3.63, 3.8) is 0 Å². The van der Waals surface area contributed by atoms with E-state index in [4.69, 9.17) is 4.74 Å². The fourth-order valence-electron chi connectivity index (χ4n) is 1.25. The molecule has 90 valence electrons. The summed E-state index contributed by atoms with van der Waals surface area (Å²) in [4.78, 5) is 0. The molecule has 1 rings (SSSR count). The van der Waals surface area contributed by atoms with E-state index in [-0.39, 0.29) is 5.92 Å². The maximum absolute atomic E-state index is 10.1. The van der Waals surface area contributed by atoms with Gasteiger partial charge in [-0.05, 0) is 43.9 Å². The van der Waals surface area contributed by atoms with Crippen molar-refractivity contribution in [1.29, 1.82) is 0 Å². The van der Waals surface area contributed by atoms with Crippen LogP contribution in [0.25, 0.3) is 0 Å². The highest BCUT2D eigenvalue weighted by atomic mass is 16.5. The number of aliphatic hydroxyl groups is 1. The summed E-state index contributed by atoms with van der Waals surface area (Å²) < 4.78 is 5.69. The molecule has 0 aromatic heterocycles. The number of ether oxygens (including phenoxy) is 1. The zero-order valence-electron chi connectivity index (χ0n) is 10.9. The van der Waals surface area contributed by atoms with Crippen LogP contribution in [-0.4, -0.2) is 17.3 Å².